The lowest BCUT2D eigenvalue weighted by Crippen LogP contribution is -2.46. The number of aliphatic hydroxyl groups excluding tert-OH is 1. The molecule has 70 valence electrons. The van der Waals surface area contributed by atoms with Crippen LogP contribution in [0.4, 0.5) is 0 Å². The molecular weight excluding hydrogens is 154 g/mol. The molecule has 1 heterocycles. The first-order valence-corrected chi connectivity index (χ1v) is 4.61. The molecule has 1 fully saturated rings. The van der Waals surface area contributed by atoms with Gasteiger partial charge in [-0.1, -0.05) is 0 Å². The van der Waals surface area contributed by atoms with Crippen LogP contribution in [0.25, 0.3) is 0 Å². The molecule has 0 spiro atoms. The predicted octanol–water partition coefficient (Wildman–Crippen LogP) is 0.768. The predicted molar refractivity (Wildman–Crippen MR) is 46.7 cm³/mol. The molecule has 0 saturated carbocycles. The van der Waals surface area contributed by atoms with Gasteiger partial charge < -0.3 is 10.0 Å². The lowest BCUT2D eigenvalue weighted by atomic mass is 10.0. The zero-order chi connectivity index (χ0) is 9.14. The minimum atomic E-state index is -0.842. The van der Waals surface area contributed by atoms with Gasteiger partial charge in [-0.15, -0.1) is 0 Å². The van der Waals surface area contributed by atoms with Crippen LogP contribution >= 0.6 is 0 Å². The minimum absolute atomic E-state index is 0.123. The number of likely N-dealkylation sites (tertiary alicyclic amines) is 1. The Balaban J connectivity index is 2.53. The van der Waals surface area contributed by atoms with E-state index in [0.29, 0.717) is 6.04 Å². The molecule has 0 bridgehead atoms. The molecule has 0 radical (unpaired) electrons. The highest BCUT2D eigenvalue weighted by Gasteiger charge is 2.25. The molecule has 1 aliphatic rings. The Hall–Kier alpha value is -0.570. The smallest absolute Gasteiger partial charge is 0.251 e. The fourth-order valence-corrected chi connectivity index (χ4v) is 1.67. The third-order valence-corrected chi connectivity index (χ3v) is 2.44. The van der Waals surface area contributed by atoms with E-state index in [1.807, 2.05) is 6.92 Å². The second-order valence-corrected chi connectivity index (χ2v) is 3.55. The number of amides is 1. The monoisotopic (exact) mass is 171 g/mol. The van der Waals surface area contributed by atoms with Crippen LogP contribution in [0, 0.1) is 0 Å². The van der Waals surface area contributed by atoms with Crippen molar-refractivity contribution >= 4 is 5.91 Å². The van der Waals surface area contributed by atoms with Crippen molar-refractivity contribution in [2.24, 2.45) is 0 Å². The van der Waals surface area contributed by atoms with E-state index in [2.05, 4.69) is 0 Å². The Morgan fingerprint density at radius 2 is 2.25 bits per heavy atom. The SMILES string of the molecule is CC(O)C(=O)N1CCCCC1C. The standard InChI is InChI=1S/C9H17NO2/c1-7-5-3-4-6-10(7)9(12)8(2)11/h7-8,11H,3-6H2,1-2H3. The highest BCUT2D eigenvalue weighted by molar-refractivity contribution is 5.80. The van der Waals surface area contributed by atoms with E-state index in [9.17, 15) is 4.79 Å². The number of hydrogen-bond acceptors (Lipinski definition) is 2. The van der Waals surface area contributed by atoms with Crippen molar-refractivity contribution in [2.75, 3.05) is 6.54 Å². The van der Waals surface area contributed by atoms with Crippen LogP contribution in [0.15, 0.2) is 0 Å². The molecule has 1 saturated heterocycles. The van der Waals surface area contributed by atoms with Gasteiger partial charge in [0.1, 0.15) is 6.10 Å². The average Bonchev–Trinajstić information content (AvgIpc) is 2.04. The summed E-state index contributed by atoms with van der Waals surface area (Å²) in [6.45, 7) is 4.38. The molecule has 0 aliphatic carbocycles. The summed E-state index contributed by atoms with van der Waals surface area (Å²) in [7, 11) is 0. The summed E-state index contributed by atoms with van der Waals surface area (Å²) < 4.78 is 0. The van der Waals surface area contributed by atoms with Gasteiger partial charge in [-0.05, 0) is 33.1 Å². The quantitative estimate of drug-likeness (QED) is 0.633. The van der Waals surface area contributed by atoms with Crippen molar-refractivity contribution in [1.29, 1.82) is 0 Å². The Morgan fingerprint density at radius 3 is 2.75 bits per heavy atom. The van der Waals surface area contributed by atoms with Crippen LogP contribution in [0.2, 0.25) is 0 Å². The normalized spacial score (nSPS) is 26.9. The largest absolute Gasteiger partial charge is 0.384 e. The van der Waals surface area contributed by atoms with Crippen LogP contribution in [0.1, 0.15) is 33.1 Å². The number of carbonyl (C=O) groups excluding carboxylic acids is 1. The van der Waals surface area contributed by atoms with Gasteiger partial charge in [0, 0.05) is 12.6 Å². The lowest BCUT2D eigenvalue weighted by Gasteiger charge is -2.34. The summed E-state index contributed by atoms with van der Waals surface area (Å²) in [5.74, 6) is -0.123. The van der Waals surface area contributed by atoms with Gasteiger partial charge in [0.2, 0.25) is 0 Å². The van der Waals surface area contributed by atoms with E-state index in [0.717, 1.165) is 19.4 Å². The van der Waals surface area contributed by atoms with Gasteiger partial charge in [-0.3, -0.25) is 4.79 Å². The highest BCUT2D eigenvalue weighted by atomic mass is 16.3. The molecule has 2 unspecified atom stereocenters. The Morgan fingerprint density at radius 1 is 1.58 bits per heavy atom. The maximum atomic E-state index is 11.4. The van der Waals surface area contributed by atoms with Crippen LogP contribution in [-0.4, -0.2) is 34.6 Å². The van der Waals surface area contributed by atoms with E-state index >= 15 is 0 Å². The van der Waals surface area contributed by atoms with E-state index < -0.39 is 6.10 Å². The van der Waals surface area contributed by atoms with Crippen molar-refractivity contribution in [2.45, 2.75) is 45.3 Å². The summed E-state index contributed by atoms with van der Waals surface area (Å²) in [6, 6.07) is 0.306. The topological polar surface area (TPSA) is 40.5 Å². The first-order valence-electron chi connectivity index (χ1n) is 4.61. The maximum Gasteiger partial charge on any atom is 0.251 e. The molecule has 1 aliphatic heterocycles. The number of aliphatic hydroxyl groups is 1. The first kappa shape index (κ1) is 9.52. The molecule has 3 nitrogen and oxygen atoms in total. The van der Waals surface area contributed by atoms with Gasteiger partial charge in [-0.25, -0.2) is 0 Å². The molecule has 12 heavy (non-hydrogen) atoms. The molecular formula is C9H17NO2. The fourth-order valence-electron chi connectivity index (χ4n) is 1.67. The fraction of sp³-hybridized carbons (Fsp3) is 0.889. The molecule has 0 aromatic heterocycles. The summed E-state index contributed by atoms with van der Waals surface area (Å²) in [5, 5.41) is 9.10. The summed E-state index contributed by atoms with van der Waals surface area (Å²) in [6.07, 6.45) is 2.50. The zero-order valence-electron chi connectivity index (χ0n) is 7.79. The minimum Gasteiger partial charge on any atom is -0.384 e. The highest BCUT2D eigenvalue weighted by Crippen LogP contribution is 2.16. The average molecular weight is 171 g/mol. The number of rotatable bonds is 1. The van der Waals surface area contributed by atoms with Crippen LogP contribution in [-0.2, 0) is 4.79 Å². The molecule has 1 amide bonds. The number of carbonyl (C=O) groups is 1. The molecule has 3 heteroatoms. The van der Waals surface area contributed by atoms with Crippen molar-refractivity contribution in [3.63, 3.8) is 0 Å². The number of nitrogens with zero attached hydrogens (tertiary/aromatic N) is 1. The van der Waals surface area contributed by atoms with Gasteiger partial charge in [0.15, 0.2) is 0 Å². The van der Waals surface area contributed by atoms with Gasteiger partial charge in [0.05, 0.1) is 0 Å². The second-order valence-electron chi connectivity index (χ2n) is 3.55. The van der Waals surface area contributed by atoms with Crippen molar-refractivity contribution in [3.05, 3.63) is 0 Å². The van der Waals surface area contributed by atoms with Gasteiger partial charge in [0.25, 0.3) is 5.91 Å². The summed E-state index contributed by atoms with van der Waals surface area (Å²) in [4.78, 5) is 13.2. The van der Waals surface area contributed by atoms with E-state index in [4.69, 9.17) is 5.11 Å². The van der Waals surface area contributed by atoms with Crippen LogP contribution in [0.3, 0.4) is 0 Å². The summed E-state index contributed by atoms with van der Waals surface area (Å²) in [5.41, 5.74) is 0. The molecule has 0 aromatic carbocycles. The molecule has 1 N–H and O–H groups in total. The van der Waals surface area contributed by atoms with Crippen LogP contribution in [0.5, 0.6) is 0 Å². The van der Waals surface area contributed by atoms with Crippen LogP contribution < -0.4 is 0 Å². The van der Waals surface area contributed by atoms with Crippen molar-refractivity contribution < 1.29 is 9.90 Å². The van der Waals surface area contributed by atoms with Gasteiger partial charge >= 0.3 is 0 Å². The lowest BCUT2D eigenvalue weighted by molar-refractivity contribution is -0.142. The second kappa shape index (κ2) is 3.90. The Bertz CT molecular complexity index is 168. The molecule has 1 rings (SSSR count). The summed E-state index contributed by atoms with van der Waals surface area (Å²) >= 11 is 0. The third-order valence-electron chi connectivity index (χ3n) is 2.44. The van der Waals surface area contributed by atoms with Gasteiger partial charge in [-0.2, -0.15) is 0 Å². The number of piperidine rings is 1. The molecule has 0 aromatic rings. The zero-order valence-corrected chi connectivity index (χ0v) is 7.79. The first-order chi connectivity index (χ1) is 5.63. The third kappa shape index (κ3) is 1.97. The van der Waals surface area contributed by atoms with E-state index in [1.54, 1.807) is 4.90 Å². The Labute approximate surface area is 73.4 Å². The maximum absolute atomic E-state index is 11.4. The molecule has 2 atom stereocenters. The van der Waals surface area contributed by atoms with Crippen molar-refractivity contribution in [3.8, 4) is 0 Å². The Kier molecular flexibility index (Phi) is 3.09. The van der Waals surface area contributed by atoms with E-state index in [-0.39, 0.29) is 5.91 Å². The van der Waals surface area contributed by atoms with E-state index in [1.165, 1.54) is 13.3 Å². The van der Waals surface area contributed by atoms with Crippen molar-refractivity contribution in [1.82, 2.24) is 4.90 Å². The number of hydrogen-bond donors (Lipinski definition) is 1.